The lowest BCUT2D eigenvalue weighted by Crippen LogP contribution is -2.40. The summed E-state index contributed by atoms with van der Waals surface area (Å²) in [6, 6.07) is 7.35. The molecule has 2 atom stereocenters. The number of aryl methyl sites for hydroxylation is 1. The number of fused-ring (bicyclic) bond motifs is 1. The van der Waals surface area contributed by atoms with Gasteiger partial charge in [-0.15, -0.1) is 0 Å². The van der Waals surface area contributed by atoms with Crippen molar-refractivity contribution in [3.05, 3.63) is 46.7 Å². The Morgan fingerprint density at radius 3 is 2.56 bits per heavy atom. The first-order valence-electron chi connectivity index (χ1n) is 8.99. The van der Waals surface area contributed by atoms with Gasteiger partial charge in [-0.2, -0.15) is 0 Å². The average molecular weight is 388 g/mol. The number of benzene rings is 1. The van der Waals surface area contributed by atoms with E-state index in [1.54, 1.807) is 18.9 Å². The monoisotopic (exact) mass is 388 g/mol. The molecule has 2 aliphatic heterocycles. The van der Waals surface area contributed by atoms with E-state index in [4.69, 9.17) is 9.47 Å². The van der Waals surface area contributed by atoms with Gasteiger partial charge in [0.2, 0.25) is 5.91 Å². The van der Waals surface area contributed by atoms with E-state index in [0.717, 1.165) is 11.1 Å². The van der Waals surface area contributed by atoms with Gasteiger partial charge < -0.3 is 9.47 Å². The van der Waals surface area contributed by atoms with Crippen LogP contribution in [0.5, 0.6) is 0 Å². The molecular weight excluding hydrogens is 364 g/mol. The average Bonchev–Trinajstić information content (AvgIpc) is 2.96. The summed E-state index contributed by atoms with van der Waals surface area (Å²) in [7, 11) is 1.55. The van der Waals surface area contributed by atoms with Crippen molar-refractivity contribution >= 4 is 28.8 Å². The van der Waals surface area contributed by atoms with Crippen LogP contribution in [0.1, 0.15) is 37.4 Å². The number of nitrogens with zero attached hydrogens (tertiary/aromatic N) is 2. The van der Waals surface area contributed by atoms with E-state index >= 15 is 0 Å². The third-order valence-electron chi connectivity index (χ3n) is 4.66. The molecule has 6 nitrogen and oxygen atoms in total. The number of allylic oxidation sites excluding steroid dienone is 1. The summed E-state index contributed by atoms with van der Waals surface area (Å²) in [5.74, 6) is -0.475. The van der Waals surface area contributed by atoms with Crippen molar-refractivity contribution in [3.8, 4) is 0 Å². The molecule has 1 fully saturated rings. The Balaban J connectivity index is 2.03. The van der Waals surface area contributed by atoms with Crippen molar-refractivity contribution < 1.29 is 19.1 Å². The third kappa shape index (κ3) is 3.80. The second-order valence-corrected chi connectivity index (χ2v) is 7.73. The number of amidine groups is 1. The molecule has 0 bridgehead atoms. The van der Waals surface area contributed by atoms with Crippen LogP contribution in [0.2, 0.25) is 0 Å². The molecule has 2 aliphatic rings. The van der Waals surface area contributed by atoms with Crippen LogP contribution in [0.4, 0.5) is 0 Å². The predicted molar refractivity (Wildman–Crippen MR) is 105 cm³/mol. The van der Waals surface area contributed by atoms with Crippen LogP contribution in [0.3, 0.4) is 0 Å². The Hall–Kier alpha value is -2.12. The predicted octanol–water partition coefficient (Wildman–Crippen LogP) is 3.22. The Kier molecular flexibility index (Phi) is 6.01. The lowest BCUT2D eigenvalue weighted by atomic mass is 9.93. The molecule has 1 saturated heterocycles. The SMILES string of the molecule is CC[C@H]1SC2=NC(C)=C(C(=O)OCCOC)[C@H](c3ccc(C)cc3)N2C1=O. The third-order valence-corrected chi connectivity index (χ3v) is 5.97. The molecule has 0 spiro atoms. The van der Waals surface area contributed by atoms with Crippen LogP contribution in [-0.2, 0) is 19.1 Å². The highest BCUT2D eigenvalue weighted by atomic mass is 32.2. The van der Waals surface area contributed by atoms with Crippen LogP contribution in [-0.4, -0.2) is 47.5 Å². The number of carbonyl (C=O) groups excluding carboxylic acids is 2. The van der Waals surface area contributed by atoms with E-state index in [1.165, 1.54) is 11.8 Å². The second-order valence-electron chi connectivity index (χ2n) is 6.56. The first-order chi connectivity index (χ1) is 13.0. The van der Waals surface area contributed by atoms with E-state index in [1.807, 2.05) is 38.1 Å². The van der Waals surface area contributed by atoms with Crippen molar-refractivity contribution in [1.82, 2.24) is 4.90 Å². The van der Waals surface area contributed by atoms with Crippen LogP contribution in [0.15, 0.2) is 40.5 Å². The summed E-state index contributed by atoms with van der Waals surface area (Å²) in [6.45, 7) is 6.25. The van der Waals surface area contributed by atoms with Crippen LogP contribution >= 0.6 is 11.8 Å². The summed E-state index contributed by atoms with van der Waals surface area (Å²) < 4.78 is 10.3. The molecule has 144 valence electrons. The number of hydrogen-bond acceptors (Lipinski definition) is 6. The Morgan fingerprint density at radius 2 is 1.93 bits per heavy atom. The molecule has 0 unspecified atom stereocenters. The zero-order chi connectivity index (χ0) is 19.6. The van der Waals surface area contributed by atoms with Crippen molar-refractivity contribution in [2.75, 3.05) is 20.3 Å². The fourth-order valence-corrected chi connectivity index (χ4v) is 4.34. The topological polar surface area (TPSA) is 68.2 Å². The number of hydrogen-bond donors (Lipinski definition) is 0. The van der Waals surface area contributed by atoms with E-state index < -0.39 is 12.0 Å². The molecule has 27 heavy (non-hydrogen) atoms. The minimum Gasteiger partial charge on any atom is -0.460 e. The van der Waals surface area contributed by atoms with Gasteiger partial charge in [0.05, 0.1) is 29.2 Å². The smallest absolute Gasteiger partial charge is 0.338 e. The fraction of sp³-hybridized carbons (Fsp3) is 0.450. The molecule has 0 aliphatic carbocycles. The normalized spacial score (nSPS) is 22.0. The van der Waals surface area contributed by atoms with Gasteiger partial charge in [-0.3, -0.25) is 9.69 Å². The highest BCUT2D eigenvalue weighted by Gasteiger charge is 2.47. The van der Waals surface area contributed by atoms with Crippen molar-refractivity contribution in [2.24, 2.45) is 4.99 Å². The number of thioether (sulfide) groups is 1. The van der Waals surface area contributed by atoms with Gasteiger partial charge in [0, 0.05) is 7.11 Å². The maximum absolute atomic E-state index is 13.0. The summed E-state index contributed by atoms with van der Waals surface area (Å²) in [6.07, 6.45) is 0.715. The molecule has 1 amide bonds. The number of ether oxygens (including phenoxy) is 2. The van der Waals surface area contributed by atoms with Crippen LogP contribution in [0, 0.1) is 6.92 Å². The van der Waals surface area contributed by atoms with E-state index in [-0.39, 0.29) is 17.8 Å². The number of aliphatic imine (C=N–C) groups is 1. The molecule has 1 aromatic rings. The van der Waals surface area contributed by atoms with Gasteiger partial charge in [-0.05, 0) is 25.8 Å². The van der Waals surface area contributed by atoms with Gasteiger partial charge in [0.1, 0.15) is 6.61 Å². The minimum absolute atomic E-state index is 0.0125. The lowest BCUT2D eigenvalue weighted by molar-refractivity contribution is -0.141. The Morgan fingerprint density at radius 1 is 1.22 bits per heavy atom. The highest BCUT2D eigenvalue weighted by Crippen LogP contribution is 2.44. The summed E-state index contributed by atoms with van der Waals surface area (Å²) in [5.41, 5.74) is 2.98. The van der Waals surface area contributed by atoms with Crippen molar-refractivity contribution in [2.45, 2.75) is 38.5 Å². The molecule has 0 N–H and O–H groups in total. The number of amides is 1. The molecule has 0 radical (unpaired) electrons. The van der Waals surface area contributed by atoms with Crippen molar-refractivity contribution in [1.29, 1.82) is 0 Å². The van der Waals surface area contributed by atoms with Crippen molar-refractivity contribution in [3.63, 3.8) is 0 Å². The van der Waals surface area contributed by atoms with E-state index in [2.05, 4.69) is 4.99 Å². The number of rotatable bonds is 6. The zero-order valence-electron chi connectivity index (χ0n) is 16.0. The summed E-state index contributed by atoms with van der Waals surface area (Å²) in [4.78, 5) is 32.0. The number of carbonyl (C=O) groups is 2. The van der Waals surface area contributed by atoms with Gasteiger partial charge in [0.25, 0.3) is 0 Å². The molecule has 7 heteroatoms. The molecule has 0 saturated carbocycles. The molecule has 1 aromatic carbocycles. The number of esters is 1. The summed E-state index contributed by atoms with van der Waals surface area (Å²) >= 11 is 1.46. The zero-order valence-corrected chi connectivity index (χ0v) is 16.8. The maximum atomic E-state index is 13.0. The van der Waals surface area contributed by atoms with Gasteiger partial charge >= 0.3 is 5.97 Å². The first-order valence-corrected chi connectivity index (χ1v) is 9.87. The molecule has 0 aromatic heterocycles. The second kappa shape index (κ2) is 8.27. The fourth-order valence-electron chi connectivity index (χ4n) is 3.21. The number of methoxy groups -OCH3 is 1. The Bertz CT molecular complexity index is 801. The highest BCUT2D eigenvalue weighted by molar-refractivity contribution is 8.15. The quantitative estimate of drug-likeness (QED) is 0.553. The molecule has 3 rings (SSSR count). The van der Waals surface area contributed by atoms with E-state index in [0.29, 0.717) is 29.5 Å². The lowest BCUT2D eigenvalue weighted by Gasteiger charge is -2.33. The maximum Gasteiger partial charge on any atom is 0.338 e. The molecule has 2 heterocycles. The van der Waals surface area contributed by atoms with E-state index in [9.17, 15) is 9.59 Å². The van der Waals surface area contributed by atoms with Gasteiger partial charge in [0.15, 0.2) is 5.17 Å². The first kappa shape index (κ1) is 19.6. The van der Waals surface area contributed by atoms with Gasteiger partial charge in [-0.25, -0.2) is 9.79 Å². The van der Waals surface area contributed by atoms with Gasteiger partial charge in [-0.1, -0.05) is 48.5 Å². The minimum atomic E-state index is -0.523. The Labute approximate surface area is 163 Å². The largest absolute Gasteiger partial charge is 0.460 e. The van der Waals surface area contributed by atoms with Crippen LogP contribution < -0.4 is 0 Å². The summed E-state index contributed by atoms with van der Waals surface area (Å²) in [5, 5.41) is 0.483. The molecular formula is C20H24N2O4S. The standard InChI is InChI=1S/C20H24N2O4S/c1-5-15-18(23)22-17(14-8-6-12(2)7-9-14)16(13(3)21-20(22)27-15)19(24)26-11-10-25-4/h6-9,15,17H,5,10-11H2,1-4H3/t15-,17+/m1/s1. The van der Waals surface area contributed by atoms with Crippen LogP contribution in [0.25, 0.3) is 0 Å².